The summed E-state index contributed by atoms with van der Waals surface area (Å²) in [7, 11) is 0. The number of aliphatic imine (C=N–C) groups is 2. The Morgan fingerprint density at radius 2 is 1.97 bits per heavy atom. The average molecular weight is 428 g/mol. The molecule has 0 radical (unpaired) electrons. The highest BCUT2D eigenvalue weighted by atomic mass is 32.2. The molecule has 1 unspecified atom stereocenters. The molecule has 3 heterocycles. The van der Waals surface area contributed by atoms with E-state index in [1.54, 1.807) is 6.07 Å². The van der Waals surface area contributed by atoms with Crippen molar-refractivity contribution in [2.75, 3.05) is 18.0 Å². The average Bonchev–Trinajstić information content (AvgIpc) is 3.41. The number of halogens is 1. The molecule has 0 bridgehead atoms. The number of rotatable bonds is 7. The highest BCUT2D eigenvalue weighted by molar-refractivity contribution is 8.14. The van der Waals surface area contributed by atoms with Crippen molar-refractivity contribution in [2.24, 2.45) is 9.98 Å². The molecule has 2 aromatic heterocycles. The summed E-state index contributed by atoms with van der Waals surface area (Å²) in [6.45, 7) is 9.89. The van der Waals surface area contributed by atoms with Crippen LogP contribution >= 0.6 is 11.8 Å². The van der Waals surface area contributed by atoms with E-state index in [0.717, 1.165) is 37.2 Å². The number of nitrogens with zero attached hydrogens (tertiary/aromatic N) is 4. The fraction of sp³-hybridized carbons (Fsp3) is 0.435. The van der Waals surface area contributed by atoms with Crippen molar-refractivity contribution in [3.63, 3.8) is 0 Å². The zero-order chi connectivity index (χ0) is 21.5. The Hall–Kier alpha value is -2.41. The highest BCUT2D eigenvalue weighted by Gasteiger charge is 2.19. The molecule has 5 nitrogen and oxygen atoms in total. The number of hydrogen-bond donors (Lipinski definition) is 1. The summed E-state index contributed by atoms with van der Waals surface area (Å²) >= 11 is 1.53. The molecule has 0 spiro atoms. The first-order valence-electron chi connectivity index (χ1n) is 10.5. The van der Waals surface area contributed by atoms with Crippen LogP contribution in [0.3, 0.4) is 0 Å². The number of H-pyrrole nitrogens is 1. The van der Waals surface area contributed by atoms with Crippen LogP contribution in [0.5, 0.6) is 0 Å². The first-order chi connectivity index (χ1) is 14.5. The van der Waals surface area contributed by atoms with Crippen molar-refractivity contribution < 1.29 is 4.39 Å². The SMILES string of the molecule is C/C=C\C(=NC(C)N=C(SC(C)C)c1ccc(N2CCCC2)nc1F)c1cc[nH]c1. The van der Waals surface area contributed by atoms with Gasteiger partial charge >= 0.3 is 0 Å². The zero-order valence-corrected chi connectivity index (χ0v) is 18.9. The number of nitrogens with one attached hydrogen (secondary N) is 1. The van der Waals surface area contributed by atoms with Crippen molar-refractivity contribution in [2.45, 2.75) is 52.0 Å². The molecule has 160 valence electrons. The minimum atomic E-state index is -0.471. The Balaban J connectivity index is 1.91. The molecule has 0 aliphatic carbocycles. The molecule has 1 N–H and O–H groups in total. The standard InChI is InChI=1S/C23H30FN5S/c1-5-8-20(18-11-12-25-15-18)26-17(4)27-23(30-16(2)3)19-9-10-21(28-22(19)24)29-13-6-7-14-29/h5,8-12,15-17,25H,6-7,13-14H2,1-4H3/b8-5-,26-20?,27-23?. The van der Waals surface area contributed by atoms with E-state index in [2.05, 4.69) is 28.7 Å². The van der Waals surface area contributed by atoms with Crippen LogP contribution in [0.1, 0.15) is 51.7 Å². The molecule has 0 amide bonds. The molecule has 1 atom stereocenters. The summed E-state index contributed by atoms with van der Waals surface area (Å²) in [6.07, 6.45) is 9.58. The van der Waals surface area contributed by atoms with Gasteiger partial charge in [-0.2, -0.15) is 4.39 Å². The maximum Gasteiger partial charge on any atom is 0.224 e. The van der Waals surface area contributed by atoms with Crippen LogP contribution in [0, 0.1) is 5.95 Å². The monoisotopic (exact) mass is 427 g/mol. The lowest BCUT2D eigenvalue weighted by molar-refractivity contribution is 0.580. The summed E-state index contributed by atoms with van der Waals surface area (Å²) in [5, 5.41) is 0.894. The fourth-order valence-electron chi connectivity index (χ4n) is 3.35. The molecule has 0 aromatic carbocycles. The quantitative estimate of drug-likeness (QED) is 0.363. The van der Waals surface area contributed by atoms with Crippen LogP contribution in [0.2, 0.25) is 0 Å². The van der Waals surface area contributed by atoms with Gasteiger partial charge < -0.3 is 9.88 Å². The van der Waals surface area contributed by atoms with Crippen LogP contribution < -0.4 is 4.90 Å². The summed E-state index contributed by atoms with van der Waals surface area (Å²) in [5.74, 6) is 0.235. The number of hydrogen-bond acceptors (Lipinski definition) is 5. The lowest BCUT2D eigenvalue weighted by atomic mass is 10.2. The van der Waals surface area contributed by atoms with Crippen molar-refractivity contribution in [3.05, 3.63) is 59.8 Å². The van der Waals surface area contributed by atoms with E-state index in [1.807, 2.05) is 50.5 Å². The van der Waals surface area contributed by atoms with E-state index in [1.165, 1.54) is 11.8 Å². The van der Waals surface area contributed by atoms with Crippen LogP contribution in [0.4, 0.5) is 10.2 Å². The third-order valence-electron chi connectivity index (χ3n) is 4.69. The Labute approximate surface area is 182 Å². The number of allylic oxidation sites excluding steroid dienone is 2. The molecule has 1 saturated heterocycles. The van der Waals surface area contributed by atoms with E-state index in [-0.39, 0.29) is 11.4 Å². The van der Waals surface area contributed by atoms with Gasteiger partial charge in [0.2, 0.25) is 5.95 Å². The van der Waals surface area contributed by atoms with Gasteiger partial charge in [-0.05, 0) is 51.0 Å². The fourth-order valence-corrected chi connectivity index (χ4v) is 4.29. The molecule has 3 rings (SSSR count). The van der Waals surface area contributed by atoms with Crippen molar-refractivity contribution in [1.29, 1.82) is 0 Å². The third kappa shape index (κ3) is 5.81. The van der Waals surface area contributed by atoms with Gasteiger partial charge in [0.25, 0.3) is 0 Å². The lowest BCUT2D eigenvalue weighted by Gasteiger charge is -2.18. The number of pyridine rings is 1. The van der Waals surface area contributed by atoms with E-state index >= 15 is 0 Å². The van der Waals surface area contributed by atoms with Gasteiger partial charge in [-0.25, -0.2) is 4.98 Å². The molecular formula is C23H30FN5S. The number of aromatic amines is 1. The molecule has 1 fully saturated rings. The van der Waals surface area contributed by atoms with Gasteiger partial charge in [-0.15, -0.1) is 11.8 Å². The van der Waals surface area contributed by atoms with Crippen molar-refractivity contribution >= 4 is 28.3 Å². The van der Waals surface area contributed by atoms with Crippen LogP contribution in [-0.2, 0) is 0 Å². The van der Waals surface area contributed by atoms with E-state index < -0.39 is 5.95 Å². The summed E-state index contributed by atoms with van der Waals surface area (Å²) in [4.78, 5) is 18.9. The third-order valence-corrected chi connectivity index (χ3v) is 5.71. The van der Waals surface area contributed by atoms with E-state index in [9.17, 15) is 4.39 Å². The Kier molecular flexibility index (Phi) is 7.85. The first-order valence-corrected chi connectivity index (χ1v) is 11.4. The van der Waals surface area contributed by atoms with Crippen LogP contribution in [0.25, 0.3) is 0 Å². The Bertz CT molecular complexity index is 912. The Morgan fingerprint density at radius 3 is 2.57 bits per heavy atom. The maximum atomic E-state index is 15.0. The summed E-state index contributed by atoms with van der Waals surface area (Å²) in [6, 6.07) is 5.68. The predicted octanol–water partition coefficient (Wildman–Crippen LogP) is 5.45. The van der Waals surface area contributed by atoms with Crippen LogP contribution in [0.15, 0.2) is 52.7 Å². The van der Waals surface area contributed by atoms with Gasteiger partial charge in [0.15, 0.2) is 0 Å². The minimum Gasteiger partial charge on any atom is -0.367 e. The van der Waals surface area contributed by atoms with Gasteiger partial charge in [-0.3, -0.25) is 9.98 Å². The first kappa shape index (κ1) is 22.3. The van der Waals surface area contributed by atoms with E-state index in [0.29, 0.717) is 16.4 Å². The molecule has 1 aliphatic rings. The second-order valence-electron chi connectivity index (χ2n) is 7.55. The molecule has 7 heteroatoms. The smallest absolute Gasteiger partial charge is 0.224 e. The van der Waals surface area contributed by atoms with Crippen molar-refractivity contribution in [1.82, 2.24) is 9.97 Å². The largest absolute Gasteiger partial charge is 0.367 e. The Morgan fingerprint density at radius 1 is 1.20 bits per heavy atom. The van der Waals surface area contributed by atoms with Crippen LogP contribution in [-0.4, -0.2) is 45.2 Å². The van der Waals surface area contributed by atoms with Gasteiger partial charge in [0.1, 0.15) is 17.0 Å². The number of thioether (sulfide) groups is 1. The molecule has 1 aliphatic heterocycles. The van der Waals surface area contributed by atoms with E-state index in [4.69, 9.17) is 9.98 Å². The molecule has 0 saturated carbocycles. The molecule has 2 aromatic rings. The van der Waals surface area contributed by atoms with Crippen molar-refractivity contribution in [3.8, 4) is 0 Å². The van der Waals surface area contributed by atoms with Gasteiger partial charge in [-0.1, -0.05) is 19.9 Å². The normalized spacial score (nSPS) is 16.8. The number of anilines is 1. The highest BCUT2D eigenvalue weighted by Crippen LogP contribution is 2.25. The number of aromatic nitrogens is 2. The lowest BCUT2D eigenvalue weighted by Crippen LogP contribution is -2.20. The van der Waals surface area contributed by atoms with Gasteiger partial charge in [0, 0.05) is 36.3 Å². The van der Waals surface area contributed by atoms with Gasteiger partial charge in [0.05, 0.1) is 11.3 Å². The summed E-state index contributed by atoms with van der Waals surface area (Å²) in [5.41, 5.74) is 2.27. The molecule has 30 heavy (non-hydrogen) atoms. The second-order valence-corrected chi connectivity index (χ2v) is 9.11. The second kappa shape index (κ2) is 10.6. The zero-order valence-electron chi connectivity index (χ0n) is 18.1. The predicted molar refractivity (Wildman–Crippen MR) is 127 cm³/mol. The maximum absolute atomic E-state index is 15.0. The molecular weight excluding hydrogens is 397 g/mol. The summed E-state index contributed by atoms with van der Waals surface area (Å²) < 4.78 is 15.0. The minimum absolute atomic E-state index is 0.261. The topological polar surface area (TPSA) is 56.6 Å².